The fraction of sp³-hybridized carbons (Fsp3) is 0.522. The van der Waals surface area contributed by atoms with E-state index >= 15 is 0 Å². The van der Waals surface area contributed by atoms with Gasteiger partial charge in [0, 0.05) is 25.3 Å². The van der Waals surface area contributed by atoms with Crippen LogP contribution in [0.4, 0.5) is 4.39 Å². The number of hydrogen-bond donors (Lipinski definition) is 2. The van der Waals surface area contributed by atoms with Gasteiger partial charge in [0.05, 0.1) is 50.2 Å². The summed E-state index contributed by atoms with van der Waals surface area (Å²) in [6, 6.07) is 8.24. The van der Waals surface area contributed by atoms with Crippen molar-refractivity contribution in [1.29, 1.82) is 0 Å². The largest absolute Gasteiger partial charge is 0.389 e. The van der Waals surface area contributed by atoms with E-state index in [9.17, 15) is 14.3 Å². The lowest BCUT2D eigenvalue weighted by Crippen LogP contribution is -2.55. The van der Waals surface area contributed by atoms with Gasteiger partial charge in [-0.05, 0) is 36.6 Å². The molecule has 0 bridgehead atoms. The van der Waals surface area contributed by atoms with Crippen LogP contribution in [0.2, 0.25) is 0 Å². The zero-order valence-electron chi connectivity index (χ0n) is 17.9. The number of β-amino-alcohol motifs (C(OH)–C–C–N with tert-alkyl or cyclic N) is 1. The molecule has 0 saturated carbocycles. The van der Waals surface area contributed by atoms with E-state index < -0.39 is 6.10 Å². The SMILES string of the molecule is O=C(C[C@H]1CC[C@H]2[C@@H](COC[C@H](O)CN2Cc2ccc(F)cc2)O1)NCc1ccncn1. The van der Waals surface area contributed by atoms with Crippen molar-refractivity contribution in [2.24, 2.45) is 0 Å². The highest BCUT2D eigenvalue weighted by Gasteiger charge is 2.38. The smallest absolute Gasteiger partial charge is 0.222 e. The molecule has 2 fully saturated rings. The highest BCUT2D eigenvalue weighted by Crippen LogP contribution is 2.28. The van der Waals surface area contributed by atoms with Crippen LogP contribution < -0.4 is 5.32 Å². The van der Waals surface area contributed by atoms with Gasteiger partial charge in [0.1, 0.15) is 12.1 Å². The van der Waals surface area contributed by atoms with Crippen LogP contribution in [0.1, 0.15) is 30.5 Å². The van der Waals surface area contributed by atoms with Crippen molar-refractivity contribution < 1.29 is 23.8 Å². The van der Waals surface area contributed by atoms with Crippen LogP contribution in [0.5, 0.6) is 0 Å². The Morgan fingerprint density at radius 1 is 1.22 bits per heavy atom. The Balaban J connectivity index is 1.34. The molecule has 172 valence electrons. The number of nitrogens with zero attached hydrogens (tertiary/aromatic N) is 3. The van der Waals surface area contributed by atoms with Crippen LogP contribution in [0.15, 0.2) is 42.9 Å². The highest BCUT2D eigenvalue weighted by atomic mass is 19.1. The van der Waals surface area contributed by atoms with Gasteiger partial charge in [0.25, 0.3) is 0 Å². The summed E-state index contributed by atoms with van der Waals surface area (Å²) in [5.41, 5.74) is 1.73. The third kappa shape index (κ3) is 6.29. The zero-order valence-corrected chi connectivity index (χ0v) is 17.9. The minimum absolute atomic E-state index is 0.0512. The molecule has 2 aromatic rings. The van der Waals surface area contributed by atoms with E-state index in [1.165, 1.54) is 18.5 Å². The van der Waals surface area contributed by atoms with E-state index in [1.807, 2.05) is 0 Å². The molecule has 3 heterocycles. The summed E-state index contributed by atoms with van der Waals surface area (Å²) in [7, 11) is 0. The predicted octanol–water partition coefficient (Wildman–Crippen LogP) is 1.43. The van der Waals surface area contributed by atoms with Gasteiger partial charge in [-0.25, -0.2) is 14.4 Å². The second kappa shape index (κ2) is 10.9. The summed E-state index contributed by atoms with van der Waals surface area (Å²) >= 11 is 0. The number of fused-ring (bicyclic) bond motifs is 1. The van der Waals surface area contributed by atoms with Crippen LogP contribution in [0.25, 0.3) is 0 Å². The monoisotopic (exact) mass is 444 g/mol. The van der Waals surface area contributed by atoms with Crippen LogP contribution in [0.3, 0.4) is 0 Å². The van der Waals surface area contributed by atoms with E-state index in [-0.39, 0.29) is 43.0 Å². The lowest BCUT2D eigenvalue weighted by Gasteiger charge is -2.44. The predicted molar refractivity (Wildman–Crippen MR) is 114 cm³/mol. The summed E-state index contributed by atoms with van der Waals surface area (Å²) < 4.78 is 25.2. The minimum atomic E-state index is -0.596. The number of nitrogens with one attached hydrogen (secondary N) is 1. The van der Waals surface area contributed by atoms with Gasteiger partial charge in [0.2, 0.25) is 5.91 Å². The van der Waals surface area contributed by atoms with Crippen molar-refractivity contribution in [1.82, 2.24) is 20.2 Å². The van der Waals surface area contributed by atoms with Crippen molar-refractivity contribution in [2.45, 2.75) is 56.7 Å². The van der Waals surface area contributed by atoms with Gasteiger partial charge in [-0.15, -0.1) is 0 Å². The van der Waals surface area contributed by atoms with Gasteiger partial charge in [-0.1, -0.05) is 12.1 Å². The molecule has 1 aromatic carbocycles. The van der Waals surface area contributed by atoms with Gasteiger partial charge in [0.15, 0.2) is 0 Å². The van der Waals surface area contributed by atoms with Gasteiger partial charge >= 0.3 is 0 Å². The van der Waals surface area contributed by atoms with Crippen molar-refractivity contribution >= 4 is 5.91 Å². The van der Waals surface area contributed by atoms with E-state index in [0.29, 0.717) is 26.2 Å². The number of aromatic nitrogens is 2. The fourth-order valence-corrected chi connectivity index (χ4v) is 4.34. The first-order valence-corrected chi connectivity index (χ1v) is 11.0. The number of halogens is 1. The number of amides is 1. The maximum absolute atomic E-state index is 13.3. The molecule has 0 aliphatic carbocycles. The first kappa shape index (κ1) is 22.7. The number of ether oxygens (including phenoxy) is 2. The highest BCUT2D eigenvalue weighted by molar-refractivity contribution is 5.76. The second-order valence-corrected chi connectivity index (χ2v) is 8.37. The molecule has 2 N–H and O–H groups in total. The number of carbonyl (C=O) groups excluding carboxylic acids is 1. The van der Waals surface area contributed by atoms with Crippen LogP contribution in [-0.4, -0.2) is 70.0 Å². The number of carbonyl (C=O) groups is 1. The third-order valence-electron chi connectivity index (χ3n) is 5.91. The van der Waals surface area contributed by atoms with Gasteiger partial charge < -0.3 is 19.9 Å². The summed E-state index contributed by atoms with van der Waals surface area (Å²) in [4.78, 5) is 22.6. The maximum Gasteiger partial charge on any atom is 0.222 e. The minimum Gasteiger partial charge on any atom is -0.389 e. The summed E-state index contributed by atoms with van der Waals surface area (Å²) in [6.45, 7) is 1.99. The summed E-state index contributed by atoms with van der Waals surface area (Å²) in [6.07, 6.45) is 3.94. The molecule has 1 amide bonds. The number of benzene rings is 1. The average molecular weight is 445 g/mol. The Morgan fingerprint density at radius 3 is 2.84 bits per heavy atom. The first-order chi connectivity index (χ1) is 15.6. The Labute approximate surface area is 186 Å². The molecule has 2 saturated heterocycles. The lowest BCUT2D eigenvalue weighted by molar-refractivity contribution is -0.158. The van der Waals surface area contributed by atoms with Crippen LogP contribution >= 0.6 is 0 Å². The molecule has 0 spiro atoms. The fourth-order valence-electron chi connectivity index (χ4n) is 4.34. The molecule has 32 heavy (non-hydrogen) atoms. The summed E-state index contributed by atoms with van der Waals surface area (Å²) in [5, 5.41) is 13.2. The third-order valence-corrected chi connectivity index (χ3v) is 5.91. The Morgan fingerprint density at radius 2 is 2.06 bits per heavy atom. The Hall–Kier alpha value is -2.46. The molecule has 0 unspecified atom stereocenters. The number of aliphatic hydroxyl groups is 1. The van der Waals surface area contributed by atoms with Crippen molar-refractivity contribution in [3.8, 4) is 0 Å². The normalized spacial score (nSPS) is 26.6. The maximum atomic E-state index is 13.3. The average Bonchev–Trinajstić information content (AvgIpc) is 2.79. The summed E-state index contributed by atoms with van der Waals surface area (Å²) in [5.74, 6) is -0.355. The van der Waals surface area contributed by atoms with Gasteiger partial charge in [-0.3, -0.25) is 9.69 Å². The van der Waals surface area contributed by atoms with Crippen LogP contribution in [-0.2, 0) is 27.4 Å². The Bertz CT molecular complexity index is 870. The molecule has 4 rings (SSSR count). The van der Waals surface area contributed by atoms with E-state index in [1.54, 1.807) is 24.4 Å². The Kier molecular flexibility index (Phi) is 7.75. The molecule has 0 radical (unpaired) electrons. The molecule has 8 nitrogen and oxygen atoms in total. The molecular weight excluding hydrogens is 415 g/mol. The molecular formula is C23H29FN4O4. The topological polar surface area (TPSA) is 96.8 Å². The second-order valence-electron chi connectivity index (χ2n) is 8.37. The van der Waals surface area contributed by atoms with E-state index in [4.69, 9.17) is 9.47 Å². The molecule has 4 atom stereocenters. The quantitative estimate of drug-likeness (QED) is 0.696. The molecule has 2 aliphatic heterocycles. The standard InChI is InChI=1S/C23H29FN4O4/c24-17-3-1-16(2-4-17)11-28-12-19(29)13-31-14-22-21(28)6-5-20(32-22)9-23(30)26-10-18-7-8-25-15-27-18/h1-4,7-8,15,19-22,29H,5-6,9-14H2,(H,26,30)/t19-,20-,21+,22-/m1/s1. The van der Waals surface area contributed by atoms with Crippen molar-refractivity contribution in [2.75, 3.05) is 19.8 Å². The molecule has 2 aliphatic rings. The molecule has 1 aromatic heterocycles. The van der Waals surface area contributed by atoms with Crippen molar-refractivity contribution in [3.05, 3.63) is 59.9 Å². The van der Waals surface area contributed by atoms with Gasteiger partial charge in [-0.2, -0.15) is 0 Å². The molecule has 9 heteroatoms. The number of aliphatic hydroxyl groups excluding tert-OH is 1. The lowest BCUT2D eigenvalue weighted by atomic mass is 9.94. The van der Waals surface area contributed by atoms with Crippen molar-refractivity contribution in [3.63, 3.8) is 0 Å². The number of rotatable bonds is 6. The van der Waals surface area contributed by atoms with Crippen LogP contribution in [0, 0.1) is 5.82 Å². The first-order valence-electron chi connectivity index (χ1n) is 11.0. The zero-order chi connectivity index (χ0) is 22.3. The van der Waals surface area contributed by atoms with E-state index in [0.717, 1.165) is 24.1 Å². The number of hydrogen-bond acceptors (Lipinski definition) is 7. The van der Waals surface area contributed by atoms with E-state index in [2.05, 4.69) is 20.2 Å².